The second-order valence-corrected chi connectivity index (χ2v) is 4.53. The number of hydrogen-bond donors (Lipinski definition) is 1. The lowest BCUT2D eigenvalue weighted by molar-refractivity contribution is 0.418. The van der Waals surface area contributed by atoms with Crippen molar-refractivity contribution in [1.29, 1.82) is 0 Å². The number of aryl methyl sites for hydroxylation is 1. The van der Waals surface area contributed by atoms with Gasteiger partial charge in [0, 0.05) is 11.9 Å². The van der Waals surface area contributed by atoms with Crippen molar-refractivity contribution in [3.05, 3.63) is 59.7 Å². The van der Waals surface area contributed by atoms with E-state index in [9.17, 15) is 5.11 Å². The minimum Gasteiger partial charge on any atom is -0.507 e. The van der Waals surface area contributed by atoms with Crippen LogP contribution < -0.4 is 0 Å². The number of nitrogens with zero attached hydrogens (tertiary/aromatic N) is 3. The fourth-order valence-corrected chi connectivity index (χ4v) is 1.92. The highest BCUT2D eigenvalue weighted by Crippen LogP contribution is 2.28. The Morgan fingerprint density at radius 1 is 1.20 bits per heavy atom. The van der Waals surface area contributed by atoms with E-state index in [1.54, 1.807) is 18.3 Å². The molecule has 5 nitrogen and oxygen atoms in total. The van der Waals surface area contributed by atoms with Gasteiger partial charge in [-0.25, -0.2) is 0 Å². The number of pyridine rings is 1. The molecule has 0 spiro atoms. The molecular formula is C15H13N3O2. The van der Waals surface area contributed by atoms with Crippen molar-refractivity contribution in [2.45, 2.75) is 13.3 Å². The van der Waals surface area contributed by atoms with Gasteiger partial charge in [-0.05, 0) is 36.8 Å². The molecule has 3 rings (SSSR count). The molecule has 0 saturated carbocycles. The second-order valence-electron chi connectivity index (χ2n) is 4.53. The summed E-state index contributed by atoms with van der Waals surface area (Å²) in [6, 6.07) is 11.0. The molecule has 0 aliphatic rings. The summed E-state index contributed by atoms with van der Waals surface area (Å²) in [7, 11) is 0. The van der Waals surface area contributed by atoms with Gasteiger partial charge in [-0.2, -0.15) is 4.98 Å². The van der Waals surface area contributed by atoms with E-state index < -0.39 is 0 Å². The first-order valence-corrected chi connectivity index (χ1v) is 6.25. The first-order chi connectivity index (χ1) is 9.72. The molecular weight excluding hydrogens is 254 g/mol. The maximum Gasteiger partial charge on any atom is 0.261 e. The molecule has 2 aromatic heterocycles. The molecule has 2 heterocycles. The fourth-order valence-electron chi connectivity index (χ4n) is 1.92. The van der Waals surface area contributed by atoms with E-state index in [0.717, 1.165) is 11.3 Å². The van der Waals surface area contributed by atoms with Crippen LogP contribution in [-0.4, -0.2) is 20.2 Å². The average Bonchev–Trinajstić information content (AvgIpc) is 2.88. The Morgan fingerprint density at radius 2 is 2.10 bits per heavy atom. The van der Waals surface area contributed by atoms with Crippen molar-refractivity contribution in [3.63, 3.8) is 0 Å². The summed E-state index contributed by atoms with van der Waals surface area (Å²) in [5.74, 6) is 0.991. The van der Waals surface area contributed by atoms with Gasteiger partial charge in [0.25, 0.3) is 5.89 Å². The van der Waals surface area contributed by atoms with Crippen LogP contribution in [0.3, 0.4) is 0 Å². The summed E-state index contributed by atoms with van der Waals surface area (Å²) in [6.45, 7) is 1.91. The van der Waals surface area contributed by atoms with E-state index >= 15 is 0 Å². The number of phenolic OH excluding ortho intramolecular Hbond substituents is 1. The molecule has 0 amide bonds. The van der Waals surface area contributed by atoms with Crippen LogP contribution in [0.2, 0.25) is 0 Å². The van der Waals surface area contributed by atoms with Gasteiger partial charge in [0.1, 0.15) is 5.75 Å². The molecule has 0 fully saturated rings. The van der Waals surface area contributed by atoms with Gasteiger partial charge < -0.3 is 9.63 Å². The number of phenols is 1. The molecule has 1 N–H and O–H groups in total. The minimum atomic E-state index is 0.137. The van der Waals surface area contributed by atoms with E-state index in [-0.39, 0.29) is 5.75 Å². The molecule has 0 bridgehead atoms. The average molecular weight is 267 g/mol. The van der Waals surface area contributed by atoms with Crippen LogP contribution in [0, 0.1) is 6.92 Å². The van der Waals surface area contributed by atoms with E-state index in [1.807, 2.05) is 31.2 Å². The smallest absolute Gasteiger partial charge is 0.261 e. The van der Waals surface area contributed by atoms with Crippen LogP contribution in [0.4, 0.5) is 0 Å². The summed E-state index contributed by atoms with van der Waals surface area (Å²) in [4.78, 5) is 8.50. The van der Waals surface area contributed by atoms with Crippen LogP contribution in [0.5, 0.6) is 5.75 Å². The maximum absolute atomic E-state index is 9.90. The summed E-state index contributed by atoms with van der Waals surface area (Å²) in [6.07, 6.45) is 2.22. The van der Waals surface area contributed by atoms with Crippen LogP contribution in [0.25, 0.3) is 11.5 Å². The lowest BCUT2D eigenvalue weighted by Gasteiger charge is -1.99. The van der Waals surface area contributed by atoms with Gasteiger partial charge in [-0.3, -0.25) is 4.98 Å². The summed E-state index contributed by atoms with van der Waals surface area (Å²) >= 11 is 0. The second kappa shape index (κ2) is 5.13. The first kappa shape index (κ1) is 12.3. The van der Waals surface area contributed by atoms with E-state index in [1.165, 1.54) is 0 Å². The lowest BCUT2D eigenvalue weighted by atomic mass is 10.1. The largest absolute Gasteiger partial charge is 0.507 e. The predicted octanol–water partition coefficient (Wildman–Crippen LogP) is 2.74. The predicted molar refractivity (Wildman–Crippen MR) is 73.2 cm³/mol. The zero-order valence-corrected chi connectivity index (χ0v) is 10.9. The zero-order chi connectivity index (χ0) is 13.9. The first-order valence-electron chi connectivity index (χ1n) is 6.25. The van der Waals surface area contributed by atoms with Gasteiger partial charge >= 0.3 is 0 Å². The topological polar surface area (TPSA) is 72.0 Å². The molecule has 3 aromatic rings. The van der Waals surface area contributed by atoms with Gasteiger partial charge in [-0.1, -0.05) is 17.3 Å². The third-order valence-corrected chi connectivity index (χ3v) is 2.92. The van der Waals surface area contributed by atoms with Crippen LogP contribution >= 0.6 is 0 Å². The van der Waals surface area contributed by atoms with E-state index in [0.29, 0.717) is 23.7 Å². The SMILES string of the molecule is Cc1ccc(-c2nc(Cc3ccccn3)no2)c(O)c1. The van der Waals surface area contributed by atoms with Gasteiger partial charge in [-0.15, -0.1) is 0 Å². The fraction of sp³-hybridized carbons (Fsp3) is 0.133. The van der Waals surface area contributed by atoms with Crippen LogP contribution in [-0.2, 0) is 6.42 Å². The molecule has 0 atom stereocenters. The molecule has 20 heavy (non-hydrogen) atoms. The standard InChI is InChI=1S/C15H13N3O2/c1-10-5-6-12(13(19)8-10)15-17-14(18-20-15)9-11-4-2-3-7-16-11/h2-8,19H,9H2,1H3. The molecule has 0 saturated heterocycles. The van der Waals surface area contributed by atoms with Gasteiger partial charge in [0.15, 0.2) is 5.82 Å². The molecule has 0 aliphatic carbocycles. The quantitative estimate of drug-likeness (QED) is 0.790. The van der Waals surface area contributed by atoms with Crippen molar-refractivity contribution >= 4 is 0 Å². The minimum absolute atomic E-state index is 0.137. The molecule has 5 heteroatoms. The Kier molecular flexibility index (Phi) is 3.16. The van der Waals surface area contributed by atoms with Crippen molar-refractivity contribution in [2.75, 3.05) is 0 Å². The third kappa shape index (κ3) is 2.51. The Hall–Kier alpha value is -2.69. The summed E-state index contributed by atoms with van der Waals surface area (Å²) < 4.78 is 5.19. The number of benzene rings is 1. The molecule has 0 unspecified atom stereocenters. The van der Waals surface area contributed by atoms with Crippen molar-refractivity contribution in [1.82, 2.24) is 15.1 Å². The Bertz CT molecular complexity index is 723. The highest BCUT2D eigenvalue weighted by molar-refractivity contribution is 5.62. The molecule has 100 valence electrons. The van der Waals surface area contributed by atoms with E-state index in [4.69, 9.17) is 4.52 Å². The molecule has 1 aromatic carbocycles. The third-order valence-electron chi connectivity index (χ3n) is 2.92. The number of aromatic hydroxyl groups is 1. The zero-order valence-electron chi connectivity index (χ0n) is 10.9. The highest BCUT2D eigenvalue weighted by atomic mass is 16.5. The normalized spacial score (nSPS) is 10.7. The lowest BCUT2D eigenvalue weighted by Crippen LogP contribution is -1.93. The number of hydrogen-bond acceptors (Lipinski definition) is 5. The van der Waals surface area contributed by atoms with Crippen LogP contribution in [0.1, 0.15) is 17.1 Å². The Labute approximate surface area is 115 Å². The van der Waals surface area contributed by atoms with Gasteiger partial charge in [0.2, 0.25) is 0 Å². The molecule has 0 radical (unpaired) electrons. The van der Waals surface area contributed by atoms with Crippen LogP contribution in [0.15, 0.2) is 47.1 Å². The Morgan fingerprint density at radius 3 is 2.85 bits per heavy atom. The van der Waals surface area contributed by atoms with Crippen molar-refractivity contribution in [3.8, 4) is 17.2 Å². The molecule has 0 aliphatic heterocycles. The monoisotopic (exact) mass is 267 g/mol. The number of rotatable bonds is 3. The summed E-state index contributed by atoms with van der Waals surface area (Å²) in [5, 5.41) is 13.8. The van der Waals surface area contributed by atoms with Gasteiger partial charge in [0.05, 0.1) is 12.0 Å². The number of aromatic nitrogens is 3. The van der Waals surface area contributed by atoms with Crippen molar-refractivity contribution in [2.24, 2.45) is 0 Å². The highest BCUT2D eigenvalue weighted by Gasteiger charge is 2.13. The van der Waals surface area contributed by atoms with Crippen molar-refractivity contribution < 1.29 is 9.63 Å². The maximum atomic E-state index is 9.90. The summed E-state index contributed by atoms with van der Waals surface area (Å²) in [5.41, 5.74) is 2.38. The van der Waals surface area contributed by atoms with E-state index in [2.05, 4.69) is 15.1 Å². The Balaban J connectivity index is 1.87.